The van der Waals surface area contributed by atoms with Gasteiger partial charge in [-0.2, -0.15) is 0 Å². The third-order valence-corrected chi connectivity index (χ3v) is 1.96. The number of rotatable bonds is 7. The molecule has 0 radical (unpaired) electrons. The van der Waals surface area contributed by atoms with E-state index in [1.54, 1.807) is 0 Å². The average molecular weight is 226 g/mol. The van der Waals surface area contributed by atoms with Gasteiger partial charge in [0.1, 0.15) is 0 Å². The summed E-state index contributed by atoms with van der Waals surface area (Å²) >= 11 is 0. The maximum Gasteiger partial charge on any atom is 0 e. The largest absolute Gasteiger partial charge is 0.412 e. The van der Waals surface area contributed by atoms with E-state index in [0.717, 1.165) is 0 Å². The Bertz CT molecular complexity index is 52.9. The van der Waals surface area contributed by atoms with Crippen LogP contribution in [0.5, 0.6) is 0 Å². The summed E-state index contributed by atoms with van der Waals surface area (Å²) in [7, 11) is 0. The molecule has 82 valence electrons. The van der Waals surface area contributed by atoms with Crippen molar-refractivity contribution in [2.45, 2.75) is 65.2 Å². The van der Waals surface area contributed by atoms with Gasteiger partial charge in [-0.15, -0.1) is 0 Å². The van der Waals surface area contributed by atoms with E-state index in [2.05, 4.69) is 13.8 Å². The second-order valence-corrected chi connectivity index (χ2v) is 3.12. The minimum absolute atomic E-state index is 0. The first-order chi connectivity index (χ1) is 4.91. The molecule has 0 saturated carbocycles. The molecule has 4 N–H and O–H groups in total. The Labute approximate surface area is 98.0 Å². The van der Waals surface area contributed by atoms with Crippen LogP contribution >= 0.6 is 0 Å². The van der Waals surface area contributed by atoms with E-state index in [1.807, 2.05) is 0 Å². The first kappa shape index (κ1) is 23.4. The summed E-state index contributed by atoms with van der Waals surface area (Å²) in [5.41, 5.74) is 0. The molecule has 3 heteroatoms. The molecule has 13 heavy (non-hydrogen) atoms. The molecule has 0 aliphatic carbocycles. The molecule has 0 amide bonds. The van der Waals surface area contributed by atoms with Crippen LogP contribution in [0.4, 0.5) is 0 Å². The van der Waals surface area contributed by atoms with Gasteiger partial charge in [0, 0.05) is 21.7 Å². The molecule has 0 atom stereocenters. The van der Waals surface area contributed by atoms with Gasteiger partial charge in [0.15, 0.2) is 0 Å². The molecular formula is C10H26O2Ti. The van der Waals surface area contributed by atoms with Gasteiger partial charge in [0.05, 0.1) is 0 Å². The first-order valence-corrected chi connectivity index (χ1v) is 4.91. The van der Waals surface area contributed by atoms with Crippen molar-refractivity contribution < 1.29 is 32.7 Å². The first-order valence-electron chi connectivity index (χ1n) is 4.91. The predicted molar refractivity (Wildman–Crippen MR) is 55.5 cm³/mol. The zero-order valence-corrected chi connectivity index (χ0v) is 10.7. The minimum Gasteiger partial charge on any atom is -0.412 e. The summed E-state index contributed by atoms with van der Waals surface area (Å²) in [5.74, 6) is 0. The van der Waals surface area contributed by atoms with Crippen molar-refractivity contribution in [2.75, 3.05) is 0 Å². The van der Waals surface area contributed by atoms with Gasteiger partial charge < -0.3 is 11.0 Å². The molecular weight excluding hydrogens is 200 g/mol. The molecule has 0 heterocycles. The van der Waals surface area contributed by atoms with Crippen LogP contribution in [-0.2, 0) is 21.7 Å². The Morgan fingerprint density at radius 2 is 0.769 bits per heavy atom. The van der Waals surface area contributed by atoms with Crippen molar-refractivity contribution in [3.05, 3.63) is 0 Å². The summed E-state index contributed by atoms with van der Waals surface area (Å²) < 4.78 is 0. The van der Waals surface area contributed by atoms with Crippen LogP contribution in [0.3, 0.4) is 0 Å². The number of hydrogen-bond donors (Lipinski definition) is 0. The number of unbranched alkanes of at least 4 members (excludes halogenated alkanes) is 7. The summed E-state index contributed by atoms with van der Waals surface area (Å²) in [6, 6.07) is 0. The molecule has 0 aliphatic rings. The van der Waals surface area contributed by atoms with Crippen LogP contribution in [0.1, 0.15) is 65.2 Å². The molecule has 0 aromatic rings. The Balaban J connectivity index is -0.000000135. The van der Waals surface area contributed by atoms with Crippen molar-refractivity contribution >= 4 is 0 Å². The van der Waals surface area contributed by atoms with Crippen LogP contribution in [0.25, 0.3) is 0 Å². The maximum absolute atomic E-state index is 2.27. The maximum atomic E-state index is 2.27. The Morgan fingerprint density at radius 3 is 1.00 bits per heavy atom. The predicted octanol–water partition coefficient (Wildman–Crippen LogP) is 2.50. The van der Waals surface area contributed by atoms with Crippen LogP contribution in [-0.4, -0.2) is 11.0 Å². The fourth-order valence-corrected chi connectivity index (χ4v) is 1.21. The van der Waals surface area contributed by atoms with E-state index in [-0.39, 0.29) is 32.7 Å². The summed E-state index contributed by atoms with van der Waals surface area (Å²) in [6.45, 7) is 4.54. The molecule has 0 aliphatic heterocycles. The topological polar surface area (TPSA) is 63.0 Å². The third-order valence-electron chi connectivity index (χ3n) is 1.96. The van der Waals surface area contributed by atoms with Crippen LogP contribution in [0, 0.1) is 0 Å². The van der Waals surface area contributed by atoms with Gasteiger partial charge in [-0.1, -0.05) is 65.2 Å². The van der Waals surface area contributed by atoms with Gasteiger partial charge in [0.25, 0.3) is 0 Å². The van der Waals surface area contributed by atoms with Crippen molar-refractivity contribution in [1.82, 2.24) is 0 Å². The van der Waals surface area contributed by atoms with Gasteiger partial charge in [0.2, 0.25) is 0 Å². The standard InChI is InChI=1S/C10H22.2H2O.Ti/c1-3-5-7-9-10-8-6-4-2;;;/h3-10H2,1-2H3;2*1H2;. The minimum atomic E-state index is 0. The molecule has 0 spiro atoms. The zero-order valence-electron chi connectivity index (χ0n) is 9.16. The van der Waals surface area contributed by atoms with E-state index in [4.69, 9.17) is 0 Å². The van der Waals surface area contributed by atoms with Gasteiger partial charge >= 0.3 is 0 Å². The fraction of sp³-hybridized carbons (Fsp3) is 1.00. The Kier molecular flexibility index (Phi) is 41.4. The Morgan fingerprint density at radius 1 is 0.538 bits per heavy atom. The molecule has 0 rings (SSSR count). The van der Waals surface area contributed by atoms with Gasteiger partial charge in [-0.25, -0.2) is 0 Å². The normalized spacial score (nSPS) is 7.85. The van der Waals surface area contributed by atoms with E-state index >= 15 is 0 Å². The smallest absolute Gasteiger partial charge is 0 e. The van der Waals surface area contributed by atoms with Crippen LogP contribution in [0.2, 0.25) is 0 Å². The van der Waals surface area contributed by atoms with Crippen molar-refractivity contribution in [3.63, 3.8) is 0 Å². The molecule has 2 nitrogen and oxygen atoms in total. The van der Waals surface area contributed by atoms with E-state index in [1.165, 1.54) is 51.4 Å². The van der Waals surface area contributed by atoms with Crippen molar-refractivity contribution in [3.8, 4) is 0 Å². The molecule has 0 saturated heterocycles. The van der Waals surface area contributed by atoms with Crippen molar-refractivity contribution in [2.24, 2.45) is 0 Å². The number of hydrogen-bond acceptors (Lipinski definition) is 0. The van der Waals surface area contributed by atoms with Crippen LogP contribution in [0.15, 0.2) is 0 Å². The SMILES string of the molecule is CCCCCCCCCC.O.O.[Ti]. The van der Waals surface area contributed by atoms with E-state index in [0.29, 0.717) is 0 Å². The molecule has 0 aromatic heterocycles. The second-order valence-electron chi connectivity index (χ2n) is 3.12. The van der Waals surface area contributed by atoms with Crippen LogP contribution < -0.4 is 0 Å². The average Bonchev–Trinajstić information content (AvgIpc) is 1.97. The Hall–Kier alpha value is 0.634. The summed E-state index contributed by atoms with van der Waals surface area (Å²) in [6.07, 6.45) is 11.5. The quantitative estimate of drug-likeness (QED) is 0.473. The van der Waals surface area contributed by atoms with E-state index < -0.39 is 0 Å². The summed E-state index contributed by atoms with van der Waals surface area (Å²) in [5, 5.41) is 0. The molecule has 0 bridgehead atoms. The third kappa shape index (κ3) is 24.5. The van der Waals surface area contributed by atoms with Crippen molar-refractivity contribution in [1.29, 1.82) is 0 Å². The molecule has 0 fully saturated rings. The summed E-state index contributed by atoms with van der Waals surface area (Å²) in [4.78, 5) is 0. The second kappa shape index (κ2) is 22.9. The molecule has 0 unspecified atom stereocenters. The fourth-order valence-electron chi connectivity index (χ4n) is 1.21. The van der Waals surface area contributed by atoms with E-state index in [9.17, 15) is 0 Å². The monoisotopic (exact) mass is 226 g/mol. The van der Waals surface area contributed by atoms with Gasteiger partial charge in [-0.3, -0.25) is 0 Å². The molecule has 0 aromatic carbocycles. The zero-order chi connectivity index (χ0) is 7.66. The van der Waals surface area contributed by atoms with Gasteiger partial charge in [-0.05, 0) is 0 Å².